The monoisotopic (exact) mass is 340 g/mol. The van der Waals surface area contributed by atoms with Gasteiger partial charge in [0, 0.05) is 31.3 Å². The number of rotatable bonds is 6. The molecule has 4 nitrogen and oxygen atoms in total. The van der Waals surface area contributed by atoms with Crippen LogP contribution in [-0.4, -0.2) is 41.7 Å². The Bertz CT molecular complexity index is 533. The van der Waals surface area contributed by atoms with Gasteiger partial charge in [-0.15, -0.1) is 0 Å². The van der Waals surface area contributed by atoms with Crippen molar-refractivity contribution in [3.8, 4) is 0 Å². The Balaban J connectivity index is 1.90. The van der Waals surface area contributed by atoms with Crippen LogP contribution >= 0.6 is 11.8 Å². The standard InChI is InChI=1S/C17H25FN2O2S/c1-12(23-2)9-17(22)19-11-13-3-4-16(15(18)10-13)20-7-5-14(21)6-8-20/h3-4,10,12,14,21H,5-9,11H2,1-2H3,(H,19,22). The Labute approximate surface area is 141 Å². The molecule has 1 unspecified atom stereocenters. The second kappa shape index (κ2) is 8.55. The quantitative estimate of drug-likeness (QED) is 0.836. The first-order valence-electron chi connectivity index (χ1n) is 8.00. The van der Waals surface area contributed by atoms with Gasteiger partial charge in [0.2, 0.25) is 5.91 Å². The first-order valence-corrected chi connectivity index (χ1v) is 9.29. The number of aliphatic hydroxyl groups excluding tert-OH is 1. The van der Waals surface area contributed by atoms with Crippen molar-refractivity contribution in [3.05, 3.63) is 29.6 Å². The molecule has 128 valence electrons. The number of carbonyl (C=O) groups is 1. The third kappa shape index (κ3) is 5.39. The Morgan fingerprint density at radius 1 is 1.48 bits per heavy atom. The van der Waals surface area contributed by atoms with E-state index in [4.69, 9.17) is 0 Å². The summed E-state index contributed by atoms with van der Waals surface area (Å²) in [6.07, 6.45) is 3.52. The van der Waals surface area contributed by atoms with Gasteiger partial charge in [0.1, 0.15) is 5.82 Å². The molecule has 2 rings (SSSR count). The molecule has 1 aromatic carbocycles. The number of aliphatic hydroxyl groups is 1. The summed E-state index contributed by atoms with van der Waals surface area (Å²) in [6.45, 7) is 3.69. The van der Waals surface area contributed by atoms with Crippen molar-refractivity contribution in [2.75, 3.05) is 24.2 Å². The number of nitrogens with zero attached hydrogens (tertiary/aromatic N) is 1. The molecule has 1 saturated heterocycles. The van der Waals surface area contributed by atoms with Gasteiger partial charge in [-0.2, -0.15) is 11.8 Å². The Morgan fingerprint density at radius 2 is 2.17 bits per heavy atom. The number of anilines is 1. The maximum Gasteiger partial charge on any atom is 0.221 e. The molecule has 1 aromatic rings. The lowest BCUT2D eigenvalue weighted by Crippen LogP contribution is -2.36. The van der Waals surface area contributed by atoms with E-state index in [9.17, 15) is 14.3 Å². The van der Waals surface area contributed by atoms with Crippen LogP contribution in [0.1, 0.15) is 31.7 Å². The van der Waals surface area contributed by atoms with Gasteiger partial charge in [0.05, 0.1) is 11.8 Å². The minimum absolute atomic E-state index is 0.0126. The van der Waals surface area contributed by atoms with E-state index in [1.54, 1.807) is 17.8 Å². The minimum atomic E-state index is -0.273. The molecule has 1 aliphatic heterocycles. The molecule has 1 fully saturated rings. The highest BCUT2D eigenvalue weighted by molar-refractivity contribution is 7.99. The summed E-state index contributed by atoms with van der Waals surface area (Å²) in [7, 11) is 0. The highest BCUT2D eigenvalue weighted by Gasteiger charge is 2.19. The van der Waals surface area contributed by atoms with Gasteiger partial charge >= 0.3 is 0 Å². The van der Waals surface area contributed by atoms with Gasteiger partial charge in [-0.1, -0.05) is 13.0 Å². The van der Waals surface area contributed by atoms with Crippen molar-refractivity contribution in [1.82, 2.24) is 5.32 Å². The van der Waals surface area contributed by atoms with E-state index in [-0.39, 0.29) is 23.1 Å². The maximum atomic E-state index is 14.3. The number of hydrogen-bond donors (Lipinski definition) is 2. The summed E-state index contributed by atoms with van der Waals surface area (Å²) < 4.78 is 14.3. The fourth-order valence-corrected chi connectivity index (χ4v) is 2.96. The van der Waals surface area contributed by atoms with E-state index in [0.717, 1.165) is 5.56 Å². The zero-order chi connectivity index (χ0) is 16.8. The minimum Gasteiger partial charge on any atom is -0.393 e. The maximum absolute atomic E-state index is 14.3. The number of piperidine rings is 1. The van der Waals surface area contributed by atoms with Crippen LogP contribution in [0.5, 0.6) is 0 Å². The van der Waals surface area contributed by atoms with Crippen molar-refractivity contribution in [2.24, 2.45) is 0 Å². The second-order valence-corrected chi connectivity index (χ2v) is 7.31. The fraction of sp³-hybridized carbons (Fsp3) is 0.588. The molecule has 1 aliphatic rings. The predicted molar refractivity (Wildman–Crippen MR) is 93.3 cm³/mol. The number of thioether (sulfide) groups is 1. The van der Waals surface area contributed by atoms with Crippen LogP contribution in [0.25, 0.3) is 0 Å². The smallest absolute Gasteiger partial charge is 0.221 e. The van der Waals surface area contributed by atoms with E-state index in [1.165, 1.54) is 6.07 Å². The van der Waals surface area contributed by atoms with E-state index in [2.05, 4.69) is 5.32 Å². The molecular weight excluding hydrogens is 315 g/mol. The van der Waals surface area contributed by atoms with E-state index >= 15 is 0 Å². The summed E-state index contributed by atoms with van der Waals surface area (Å²) >= 11 is 1.65. The third-order valence-corrected chi connectivity index (χ3v) is 5.15. The molecule has 6 heteroatoms. The highest BCUT2D eigenvalue weighted by Crippen LogP contribution is 2.24. The normalized spacial score (nSPS) is 17.1. The van der Waals surface area contributed by atoms with Gasteiger partial charge in [0.15, 0.2) is 0 Å². The van der Waals surface area contributed by atoms with Crippen molar-refractivity contribution >= 4 is 23.4 Å². The molecular formula is C17H25FN2O2S. The van der Waals surface area contributed by atoms with Gasteiger partial charge < -0.3 is 15.3 Å². The van der Waals surface area contributed by atoms with Crippen molar-refractivity contribution in [2.45, 2.75) is 44.1 Å². The number of amides is 1. The predicted octanol–water partition coefficient (Wildman–Crippen LogP) is 2.54. The largest absolute Gasteiger partial charge is 0.393 e. The third-order valence-electron chi connectivity index (χ3n) is 4.18. The Kier molecular flexibility index (Phi) is 6.72. The topological polar surface area (TPSA) is 52.6 Å². The number of benzene rings is 1. The molecule has 0 saturated carbocycles. The first-order chi connectivity index (χ1) is 11.0. The van der Waals surface area contributed by atoms with Gasteiger partial charge in [-0.3, -0.25) is 4.79 Å². The van der Waals surface area contributed by atoms with Crippen LogP contribution in [-0.2, 0) is 11.3 Å². The van der Waals surface area contributed by atoms with Crippen LogP contribution in [0.3, 0.4) is 0 Å². The van der Waals surface area contributed by atoms with Crippen molar-refractivity contribution in [3.63, 3.8) is 0 Å². The molecule has 1 amide bonds. The molecule has 0 aliphatic carbocycles. The van der Waals surface area contributed by atoms with Gasteiger partial charge in [-0.05, 0) is 36.8 Å². The lowest BCUT2D eigenvalue weighted by atomic mass is 10.1. The summed E-state index contributed by atoms with van der Waals surface area (Å²) in [4.78, 5) is 13.7. The molecule has 0 aromatic heterocycles. The van der Waals surface area contributed by atoms with Gasteiger partial charge in [0.25, 0.3) is 0 Å². The number of nitrogens with one attached hydrogen (secondary N) is 1. The molecule has 0 spiro atoms. The molecule has 1 heterocycles. The van der Waals surface area contributed by atoms with E-state index in [1.807, 2.05) is 24.1 Å². The van der Waals surface area contributed by atoms with Crippen LogP contribution in [0.4, 0.5) is 10.1 Å². The highest BCUT2D eigenvalue weighted by atomic mass is 32.2. The van der Waals surface area contributed by atoms with Crippen LogP contribution < -0.4 is 10.2 Å². The lowest BCUT2D eigenvalue weighted by Gasteiger charge is -2.31. The van der Waals surface area contributed by atoms with Gasteiger partial charge in [-0.25, -0.2) is 4.39 Å². The van der Waals surface area contributed by atoms with Crippen LogP contribution in [0.15, 0.2) is 18.2 Å². The van der Waals surface area contributed by atoms with E-state index < -0.39 is 0 Å². The van der Waals surface area contributed by atoms with Crippen molar-refractivity contribution in [1.29, 1.82) is 0 Å². The Morgan fingerprint density at radius 3 is 2.78 bits per heavy atom. The second-order valence-electron chi connectivity index (χ2n) is 6.03. The van der Waals surface area contributed by atoms with E-state index in [0.29, 0.717) is 44.6 Å². The summed E-state index contributed by atoms with van der Waals surface area (Å²) in [6, 6.07) is 5.10. The van der Waals surface area contributed by atoms with Crippen LogP contribution in [0, 0.1) is 5.82 Å². The number of carbonyl (C=O) groups excluding carboxylic acids is 1. The zero-order valence-corrected chi connectivity index (χ0v) is 14.5. The number of hydrogen-bond acceptors (Lipinski definition) is 4. The number of halogens is 1. The molecule has 0 radical (unpaired) electrons. The average molecular weight is 340 g/mol. The molecule has 23 heavy (non-hydrogen) atoms. The SMILES string of the molecule is CSC(C)CC(=O)NCc1ccc(N2CCC(O)CC2)c(F)c1. The fourth-order valence-electron chi connectivity index (χ4n) is 2.64. The Hall–Kier alpha value is -1.27. The average Bonchev–Trinajstić information content (AvgIpc) is 2.54. The van der Waals surface area contributed by atoms with Crippen LogP contribution in [0.2, 0.25) is 0 Å². The molecule has 1 atom stereocenters. The molecule has 2 N–H and O–H groups in total. The first kappa shape index (κ1) is 18.1. The molecule has 0 bridgehead atoms. The van der Waals surface area contributed by atoms with Crippen molar-refractivity contribution < 1.29 is 14.3 Å². The summed E-state index contributed by atoms with van der Waals surface area (Å²) in [5.41, 5.74) is 1.33. The summed E-state index contributed by atoms with van der Waals surface area (Å²) in [5.74, 6) is -0.285. The summed E-state index contributed by atoms with van der Waals surface area (Å²) in [5, 5.41) is 12.6. The zero-order valence-electron chi connectivity index (χ0n) is 13.7. The lowest BCUT2D eigenvalue weighted by molar-refractivity contribution is -0.121.